The number of aliphatic hydroxyl groups is 1. The van der Waals surface area contributed by atoms with Gasteiger partial charge in [0, 0.05) is 5.41 Å². The largest absolute Gasteiger partial charge is 0.389 e. The molecular weight excluding hydrogens is 382 g/mol. The molecule has 0 aliphatic heterocycles. The fraction of sp³-hybridized carbons (Fsp3) is 0.320. The summed E-state index contributed by atoms with van der Waals surface area (Å²) in [7, 11) is 0. The molecule has 2 aliphatic carbocycles. The smallest absolute Gasteiger partial charge is 0.126 e. The Balaban J connectivity index is 1.45. The first-order valence-electron chi connectivity index (χ1n) is 10.4. The van der Waals surface area contributed by atoms with Crippen LogP contribution in [0.2, 0.25) is 0 Å². The third-order valence-corrected chi connectivity index (χ3v) is 7.12. The average molecular weight is 406 g/mol. The Kier molecular flexibility index (Phi) is 4.40. The summed E-state index contributed by atoms with van der Waals surface area (Å²) in [5, 5.41) is 16.2. The lowest BCUT2D eigenvalue weighted by atomic mass is 9.65. The van der Waals surface area contributed by atoms with Crippen LogP contribution in [-0.4, -0.2) is 20.5 Å². The van der Waals surface area contributed by atoms with E-state index in [2.05, 4.69) is 18.1 Å². The summed E-state index contributed by atoms with van der Waals surface area (Å²) in [6, 6.07) is 13.1. The van der Waals surface area contributed by atoms with Gasteiger partial charge in [-0.05, 0) is 79.6 Å². The van der Waals surface area contributed by atoms with Gasteiger partial charge in [-0.1, -0.05) is 30.7 Å². The maximum absolute atomic E-state index is 14.1. The van der Waals surface area contributed by atoms with E-state index in [-0.39, 0.29) is 11.6 Å². The van der Waals surface area contributed by atoms with Crippen molar-refractivity contribution in [2.24, 2.45) is 5.41 Å². The standard InChI is InChI=1S/C25H24F2N2O/c1-24-15-18-16-28-29(21-8-6-20(26)7-9-21)23(18)14-19(24)11-13-25(24,30)12-10-17-4-2-3-5-22(17)27/h2-9,14,16,30H,10-13,15H2,1H3/t24-,25-/m0/s1. The molecule has 1 heterocycles. The molecule has 5 heteroatoms. The van der Waals surface area contributed by atoms with Crippen LogP contribution in [0, 0.1) is 17.0 Å². The van der Waals surface area contributed by atoms with E-state index in [1.165, 1.54) is 23.8 Å². The maximum atomic E-state index is 14.1. The molecule has 154 valence electrons. The predicted octanol–water partition coefficient (Wildman–Crippen LogP) is 5.25. The molecule has 1 fully saturated rings. The van der Waals surface area contributed by atoms with Gasteiger partial charge < -0.3 is 5.11 Å². The third-order valence-electron chi connectivity index (χ3n) is 7.12. The van der Waals surface area contributed by atoms with Crippen LogP contribution in [0.4, 0.5) is 8.78 Å². The molecule has 30 heavy (non-hydrogen) atoms. The van der Waals surface area contributed by atoms with Gasteiger partial charge in [-0.25, -0.2) is 13.5 Å². The Morgan fingerprint density at radius 2 is 1.87 bits per heavy atom. The number of fused-ring (bicyclic) bond motifs is 2. The van der Waals surface area contributed by atoms with Crippen LogP contribution in [0.15, 0.2) is 60.3 Å². The minimum Gasteiger partial charge on any atom is -0.389 e. The van der Waals surface area contributed by atoms with Crippen molar-refractivity contribution in [1.29, 1.82) is 0 Å². The highest BCUT2D eigenvalue weighted by Crippen LogP contribution is 2.56. The number of nitrogens with zero attached hydrogens (tertiary/aromatic N) is 2. The highest BCUT2D eigenvalue weighted by Gasteiger charge is 2.54. The zero-order valence-corrected chi connectivity index (χ0v) is 16.9. The van der Waals surface area contributed by atoms with E-state index in [0.29, 0.717) is 31.2 Å². The Morgan fingerprint density at radius 3 is 2.63 bits per heavy atom. The van der Waals surface area contributed by atoms with E-state index < -0.39 is 11.0 Å². The number of rotatable bonds is 4. The Morgan fingerprint density at radius 1 is 1.10 bits per heavy atom. The average Bonchev–Trinajstić information content (AvgIpc) is 3.24. The highest BCUT2D eigenvalue weighted by atomic mass is 19.1. The second-order valence-electron chi connectivity index (χ2n) is 8.74. The van der Waals surface area contributed by atoms with Gasteiger partial charge in [-0.2, -0.15) is 5.10 Å². The van der Waals surface area contributed by atoms with E-state index in [9.17, 15) is 13.9 Å². The first kappa shape index (κ1) is 19.2. The summed E-state index contributed by atoms with van der Waals surface area (Å²) < 4.78 is 29.2. The number of hydrogen-bond acceptors (Lipinski definition) is 2. The zero-order valence-electron chi connectivity index (χ0n) is 16.9. The van der Waals surface area contributed by atoms with Crippen LogP contribution in [0.1, 0.15) is 43.0 Å². The number of aryl methyl sites for hydroxylation is 1. The topological polar surface area (TPSA) is 38.0 Å². The van der Waals surface area contributed by atoms with E-state index in [1.54, 1.807) is 24.3 Å². The van der Waals surface area contributed by atoms with Crippen LogP contribution >= 0.6 is 0 Å². The fourth-order valence-electron chi connectivity index (χ4n) is 5.16. The van der Waals surface area contributed by atoms with Gasteiger partial charge in [0.05, 0.1) is 23.2 Å². The minimum absolute atomic E-state index is 0.216. The van der Waals surface area contributed by atoms with Gasteiger partial charge >= 0.3 is 0 Å². The van der Waals surface area contributed by atoms with E-state index in [1.807, 2.05) is 16.9 Å². The zero-order chi connectivity index (χ0) is 20.9. The van der Waals surface area contributed by atoms with Crippen LogP contribution in [0.3, 0.4) is 0 Å². The van der Waals surface area contributed by atoms with Crippen LogP contribution in [0.5, 0.6) is 0 Å². The van der Waals surface area contributed by atoms with Gasteiger partial charge in [0.15, 0.2) is 0 Å². The molecule has 5 rings (SSSR count). The lowest BCUT2D eigenvalue weighted by Gasteiger charge is -2.42. The predicted molar refractivity (Wildman–Crippen MR) is 112 cm³/mol. The summed E-state index contributed by atoms with van der Waals surface area (Å²) in [5.41, 5.74) is 3.43. The number of benzene rings is 2. The molecule has 3 aromatic rings. The fourth-order valence-corrected chi connectivity index (χ4v) is 5.16. The molecule has 1 saturated carbocycles. The van der Waals surface area contributed by atoms with Crippen molar-refractivity contribution in [3.05, 3.63) is 88.8 Å². The summed E-state index contributed by atoms with van der Waals surface area (Å²) >= 11 is 0. The van der Waals surface area contributed by atoms with Gasteiger partial charge in [-0.3, -0.25) is 0 Å². The van der Waals surface area contributed by atoms with Crippen molar-refractivity contribution >= 4 is 6.08 Å². The molecule has 2 aliphatic rings. The van der Waals surface area contributed by atoms with E-state index in [4.69, 9.17) is 0 Å². The van der Waals surface area contributed by atoms with Crippen molar-refractivity contribution in [2.45, 2.75) is 44.6 Å². The number of aromatic nitrogens is 2. The van der Waals surface area contributed by atoms with E-state index >= 15 is 0 Å². The lowest BCUT2D eigenvalue weighted by molar-refractivity contribution is -0.0462. The van der Waals surface area contributed by atoms with Crippen LogP contribution in [0.25, 0.3) is 11.8 Å². The second kappa shape index (κ2) is 6.88. The Labute approximate surface area is 174 Å². The Bertz CT molecular complexity index is 1130. The maximum Gasteiger partial charge on any atom is 0.126 e. The van der Waals surface area contributed by atoms with Crippen molar-refractivity contribution < 1.29 is 13.9 Å². The van der Waals surface area contributed by atoms with Gasteiger partial charge in [0.25, 0.3) is 0 Å². The quantitative estimate of drug-likeness (QED) is 0.642. The minimum atomic E-state index is -0.892. The normalized spacial score (nSPS) is 25.0. The molecule has 3 nitrogen and oxygen atoms in total. The Hall–Kier alpha value is -2.79. The molecular formula is C25H24F2N2O. The summed E-state index contributed by atoms with van der Waals surface area (Å²) in [6.45, 7) is 2.12. The van der Waals surface area contributed by atoms with Gasteiger partial charge in [0.2, 0.25) is 0 Å². The monoisotopic (exact) mass is 406 g/mol. The van der Waals surface area contributed by atoms with Gasteiger partial charge in [-0.15, -0.1) is 0 Å². The summed E-state index contributed by atoms with van der Waals surface area (Å²) in [6.07, 6.45) is 7.15. The first-order valence-corrected chi connectivity index (χ1v) is 10.4. The van der Waals surface area contributed by atoms with Gasteiger partial charge in [0.1, 0.15) is 11.6 Å². The summed E-state index contributed by atoms with van der Waals surface area (Å²) in [4.78, 5) is 0. The molecule has 0 spiro atoms. The van der Waals surface area contributed by atoms with Crippen molar-refractivity contribution in [1.82, 2.24) is 9.78 Å². The molecule has 0 radical (unpaired) electrons. The van der Waals surface area contributed by atoms with E-state index in [0.717, 1.165) is 23.4 Å². The molecule has 0 unspecified atom stereocenters. The molecule has 0 bridgehead atoms. The van der Waals surface area contributed by atoms with Crippen molar-refractivity contribution in [3.8, 4) is 5.69 Å². The van der Waals surface area contributed by atoms with Crippen LogP contribution < -0.4 is 0 Å². The second-order valence-corrected chi connectivity index (χ2v) is 8.74. The molecule has 1 N–H and O–H groups in total. The third kappa shape index (κ3) is 2.91. The SMILES string of the molecule is C[C@]12Cc3cnn(-c4ccc(F)cc4)c3C=C1CC[C@@]2(O)CCc1ccccc1F. The summed E-state index contributed by atoms with van der Waals surface area (Å²) in [5.74, 6) is -0.493. The first-order chi connectivity index (χ1) is 14.4. The number of halogens is 2. The van der Waals surface area contributed by atoms with Crippen LogP contribution in [-0.2, 0) is 12.8 Å². The molecule has 0 saturated heterocycles. The highest BCUT2D eigenvalue weighted by molar-refractivity contribution is 5.62. The molecule has 2 atom stereocenters. The number of hydrogen-bond donors (Lipinski definition) is 1. The van der Waals surface area contributed by atoms with Crippen molar-refractivity contribution in [3.63, 3.8) is 0 Å². The lowest BCUT2D eigenvalue weighted by Crippen LogP contribution is -2.45. The molecule has 0 amide bonds. The molecule has 1 aromatic heterocycles. The molecule has 2 aromatic carbocycles. The van der Waals surface area contributed by atoms with Crippen molar-refractivity contribution in [2.75, 3.05) is 0 Å².